The third-order valence-corrected chi connectivity index (χ3v) is 3.54. The topological polar surface area (TPSA) is 104 Å². The number of rotatable bonds is 7. The molecule has 0 aliphatic heterocycles. The predicted molar refractivity (Wildman–Crippen MR) is 74.8 cm³/mol. The van der Waals surface area contributed by atoms with Crippen molar-refractivity contribution in [1.29, 1.82) is 0 Å². The molecule has 3 N–H and O–H groups in total. The molecule has 0 fully saturated rings. The fourth-order valence-electron chi connectivity index (χ4n) is 1.46. The highest BCUT2D eigenvalue weighted by atomic mass is 32.2. The van der Waals surface area contributed by atoms with Crippen LogP contribution in [0.25, 0.3) is 0 Å². The molecular formula is C13H15NO5S. The minimum Gasteiger partial charge on any atom is -0.480 e. The lowest BCUT2D eigenvalue weighted by molar-refractivity contribution is -0.140. The molecule has 0 aliphatic rings. The standard InChI is InChI=1S/C13H15NO5S/c1-8(15)14-11(13(18)19)7-20-6-9-2-4-10(5-3-9)12(16)17/h2-5,11H,6-7H2,1H3,(H,14,15)(H,16,17)(H,18,19)/t11-/m0/s1. The number of carbonyl (C=O) groups is 3. The Hall–Kier alpha value is -2.02. The van der Waals surface area contributed by atoms with Crippen LogP contribution in [0.5, 0.6) is 0 Å². The monoisotopic (exact) mass is 297 g/mol. The van der Waals surface area contributed by atoms with E-state index in [1.807, 2.05) is 0 Å². The normalized spacial score (nSPS) is 11.7. The van der Waals surface area contributed by atoms with Crippen LogP contribution in [0.3, 0.4) is 0 Å². The van der Waals surface area contributed by atoms with Gasteiger partial charge in [0.15, 0.2) is 0 Å². The molecule has 20 heavy (non-hydrogen) atoms. The predicted octanol–water partition coefficient (Wildman–Crippen LogP) is 1.21. The van der Waals surface area contributed by atoms with Crippen molar-refractivity contribution in [3.8, 4) is 0 Å². The Morgan fingerprint density at radius 3 is 2.25 bits per heavy atom. The quantitative estimate of drug-likeness (QED) is 0.699. The van der Waals surface area contributed by atoms with E-state index in [1.165, 1.54) is 30.8 Å². The number of aromatic carboxylic acids is 1. The van der Waals surface area contributed by atoms with E-state index < -0.39 is 18.0 Å². The van der Waals surface area contributed by atoms with Gasteiger partial charge in [0.05, 0.1) is 5.56 Å². The summed E-state index contributed by atoms with van der Waals surface area (Å²) in [5.41, 5.74) is 1.10. The molecule has 1 aromatic carbocycles. The van der Waals surface area contributed by atoms with Crippen molar-refractivity contribution < 1.29 is 24.6 Å². The number of carboxylic acid groups (broad SMARTS) is 2. The number of hydrogen-bond donors (Lipinski definition) is 3. The SMILES string of the molecule is CC(=O)N[C@@H](CSCc1ccc(C(=O)O)cc1)C(=O)O. The minimum atomic E-state index is -1.08. The second kappa shape index (κ2) is 7.54. The van der Waals surface area contributed by atoms with E-state index in [1.54, 1.807) is 12.1 Å². The summed E-state index contributed by atoms with van der Waals surface area (Å²) in [6.07, 6.45) is 0. The smallest absolute Gasteiger partial charge is 0.335 e. The molecule has 0 spiro atoms. The van der Waals surface area contributed by atoms with Crippen LogP contribution in [0.15, 0.2) is 24.3 Å². The summed E-state index contributed by atoms with van der Waals surface area (Å²) in [4.78, 5) is 32.4. The molecule has 0 saturated heterocycles. The molecule has 0 aromatic heterocycles. The lowest BCUT2D eigenvalue weighted by atomic mass is 10.1. The number of amides is 1. The van der Waals surface area contributed by atoms with Gasteiger partial charge in [-0.1, -0.05) is 12.1 Å². The average molecular weight is 297 g/mol. The Morgan fingerprint density at radius 2 is 1.80 bits per heavy atom. The van der Waals surface area contributed by atoms with Crippen LogP contribution in [0.1, 0.15) is 22.8 Å². The molecule has 1 amide bonds. The first-order chi connectivity index (χ1) is 9.40. The van der Waals surface area contributed by atoms with E-state index in [4.69, 9.17) is 10.2 Å². The third kappa shape index (κ3) is 5.31. The minimum absolute atomic E-state index is 0.209. The Balaban J connectivity index is 2.48. The molecular weight excluding hydrogens is 282 g/mol. The van der Waals surface area contributed by atoms with Crippen LogP contribution < -0.4 is 5.32 Å². The molecule has 1 aromatic rings. The molecule has 6 nitrogen and oxygen atoms in total. The first-order valence-electron chi connectivity index (χ1n) is 5.80. The lowest BCUT2D eigenvalue weighted by Gasteiger charge is -2.12. The highest BCUT2D eigenvalue weighted by Crippen LogP contribution is 2.14. The third-order valence-electron chi connectivity index (χ3n) is 2.43. The van der Waals surface area contributed by atoms with Crippen molar-refractivity contribution >= 4 is 29.6 Å². The molecule has 0 radical (unpaired) electrons. The number of thioether (sulfide) groups is 1. The van der Waals surface area contributed by atoms with Crippen molar-refractivity contribution in [2.75, 3.05) is 5.75 Å². The Kier molecular flexibility index (Phi) is 6.05. The van der Waals surface area contributed by atoms with E-state index in [0.29, 0.717) is 5.75 Å². The van der Waals surface area contributed by atoms with Crippen molar-refractivity contribution in [1.82, 2.24) is 5.32 Å². The Bertz CT molecular complexity index is 500. The van der Waals surface area contributed by atoms with Crippen molar-refractivity contribution in [2.24, 2.45) is 0 Å². The number of nitrogens with one attached hydrogen (secondary N) is 1. The van der Waals surface area contributed by atoms with E-state index in [-0.39, 0.29) is 17.2 Å². The maximum Gasteiger partial charge on any atom is 0.335 e. The molecule has 0 heterocycles. The Labute approximate surface area is 120 Å². The van der Waals surface area contributed by atoms with Crippen LogP contribution >= 0.6 is 11.8 Å². The van der Waals surface area contributed by atoms with Gasteiger partial charge >= 0.3 is 11.9 Å². The zero-order valence-electron chi connectivity index (χ0n) is 10.8. The Morgan fingerprint density at radius 1 is 1.20 bits per heavy atom. The summed E-state index contributed by atoms with van der Waals surface area (Å²) in [6, 6.07) is 5.45. The van der Waals surface area contributed by atoms with E-state index in [9.17, 15) is 14.4 Å². The molecule has 0 bridgehead atoms. The summed E-state index contributed by atoms with van der Waals surface area (Å²) < 4.78 is 0. The molecule has 108 valence electrons. The van der Waals surface area contributed by atoms with E-state index in [2.05, 4.69) is 5.32 Å². The van der Waals surface area contributed by atoms with Crippen LogP contribution in [-0.4, -0.2) is 39.9 Å². The highest BCUT2D eigenvalue weighted by Gasteiger charge is 2.17. The van der Waals surface area contributed by atoms with Crippen LogP contribution in [0.4, 0.5) is 0 Å². The lowest BCUT2D eigenvalue weighted by Crippen LogP contribution is -2.41. The van der Waals surface area contributed by atoms with Gasteiger partial charge in [-0.05, 0) is 17.7 Å². The zero-order chi connectivity index (χ0) is 15.1. The van der Waals surface area contributed by atoms with Gasteiger partial charge in [0.1, 0.15) is 6.04 Å². The van der Waals surface area contributed by atoms with Gasteiger partial charge < -0.3 is 15.5 Å². The largest absolute Gasteiger partial charge is 0.480 e. The summed E-state index contributed by atoms with van der Waals surface area (Å²) >= 11 is 1.36. The summed E-state index contributed by atoms with van der Waals surface area (Å²) in [6.45, 7) is 1.27. The number of benzene rings is 1. The van der Waals surface area contributed by atoms with Gasteiger partial charge in [-0.25, -0.2) is 9.59 Å². The maximum absolute atomic E-state index is 10.9. The maximum atomic E-state index is 10.9. The average Bonchev–Trinajstić information content (AvgIpc) is 2.37. The fraction of sp³-hybridized carbons (Fsp3) is 0.308. The molecule has 1 atom stereocenters. The first kappa shape index (κ1) is 16.0. The summed E-state index contributed by atoms with van der Waals surface area (Å²) in [5, 5.41) is 20.0. The van der Waals surface area contributed by atoms with Crippen LogP contribution in [0.2, 0.25) is 0 Å². The van der Waals surface area contributed by atoms with E-state index >= 15 is 0 Å². The van der Waals surface area contributed by atoms with Gasteiger partial charge in [0.2, 0.25) is 5.91 Å². The summed E-state index contributed by atoms with van der Waals surface area (Å²) in [5.74, 6) is -1.66. The van der Waals surface area contributed by atoms with Gasteiger partial charge in [-0.3, -0.25) is 4.79 Å². The fourth-order valence-corrected chi connectivity index (χ4v) is 2.47. The van der Waals surface area contributed by atoms with Crippen LogP contribution in [-0.2, 0) is 15.3 Å². The second-order valence-electron chi connectivity index (χ2n) is 4.11. The number of aliphatic carboxylic acids is 1. The second-order valence-corrected chi connectivity index (χ2v) is 5.14. The van der Waals surface area contributed by atoms with Gasteiger partial charge in [-0.15, -0.1) is 0 Å². The van der Waals surface area contributed by atoms with Gasteiger partial charge in [-0.2, -0.15) is 11.8 Å². The summed E-state index contributed by atoms with van der Waals surface area (Å²) in [7, 11) is 0. The zero-order valence-corrected chi connectivity index (χ0v) is 11.6. The molecule has 0 unspecified atom stereocenters. The van der Waals surface area contributed by atoms with Gasteiger partial charge in [0.25, 0.3) is 0 Å². The van der Waals surface area contributed by atoms with Crippen LogP contribution in [0, 0.1) is 0 Å². The molecule has 1 rings (SSSR count). The van der Waals surface area contributed by atoms with Crippen molar-refractivity contribution in [3.63, 3.8) is 0 Å². The highest BCUT2D eigenvalue weighted by molar-refractivity contribution is 7.98. The van der Waals surface area contributed by atoms with Crippen molar-refractivity contribution in [2.45, 2.75) is 18.7 Å². The number of hydrogen-bond acceptors (Lipinski definition) is 4. The molecule has 0 saturated carbocycles. The van der Waals surface area contributed by atoms with Crippen molar-refractivity contribution in [3.05, 3.63) is 35.4 Å². The first-order valence-corrected chi connectivity index (χ1v) is 6.95. The van der Waals surface area contributed by atoms with Gasteiger partial charge in [0, 0.05) is 18.4 Å². The molecule has 0 aliphatic carbocycles. The number of carboxylic acids is 2. The molecule has 7 heteroatoms. The number of carbonyl (C=O) groups excluding carboxylic acids is 1. The van der Waals surface area contributed by atoms with E-state index in [0.717, 1.165) is 5.56 Å².